The average molecular weight is 233 g/mol. The van der Waals surface area contributed by atoms with Gasteiger partial charge in [0, 0.05) is 13.2 Å². The van der Waals surface area contributed by atoms with Crippen LogP contribution in [-0.4, -0.2) is 46.2 Å². The lowest BCUT2D eigenvalue weighted by Crippen LogP contribution is -2.13. The van der Waals surface area contributed by atoms with Gasteiger partial charge >= 0.3 is 0 Å². The third-order valence-corrected chi connectivity index (χ3v) is 2.46. The van der Waals surface area contributed by atoms with Gasteiger partial charge in [-0.25, -0.2) is 0 Å². The van der Waals surface area contributed by atoms with E-state index in [1.807, 2.05) is 0 Å². The van der Waals surface area contributed by atoms with Crippen molar-refractivity contribution in [1.29, 1.82) is 0 Å². The molecule has 16 heavy (non-hydrogen) atoms. The lowest BCUT2D eigenvalue weighted by atomic mass is 10.1. The Morgan fingerprint density at radius 2 is 1.38 bits per heavy atom. The van der Waals surface area contributed by atoms with E-state index in [-0.39, 0.29) is 0 Å². The molecule has 0 aromatic rings. The van der Waals surface area contributed by atoms with Crippen molar-refractivity contribution in [3.8, 4) is 0 Å². The van der Waals surface area contributed by atoms with Gasteiger partial charge in [-0.15, -0.1) is 0 Å². The molecule has 0 heterocycles. The Morgan fingerprint density at radius 3 is 1.88 bits per heavy atom. The topological polar surface area (TPSA) is 53.7 Å². The first kappa shape index (κ1) is 15.8. The van der Waals surface area contributed by atoms with Crippen molar-refractivity contribution in [2.75, 3.05) is 46.2 Å². The van der Waals surface area contributed by atoms with Crippen LogP contribution < -0.4 is 5.73 Å². The van der Waals surface area contributed by atoms with Crippen LogP contribution in [0.25, 0.3) is 0 Å². The number of nitrogens with two attached hydrogens (primary N) is 1. The maximum absolute atomic E-state index is 5.45. The minimum absolute atomic E-state index is 0.568. The quantitative estimate of drug-likeness (QED) is 0.518. The predicted molar refractivity (Wildman–Crippen MR) is 65.6 cm³/mol. The Morgan fingerprint density at radius 1 is 0.875 bits per heavy atom. The van der Waals surface area contributed by atoms with Crippen LogP contribution in [0.15, 0.2) is 0 Å². The van der Waals surface area contributed by atoms with E-state index in [2.05, 4.69) is 13.8 Å². The summed E-state index contributed by atoms with van der Waals surface area (Å²) >= 11 is 0. The van der Waals surface area contributed by atoms with Crippen LogP contribution in [-0.2, 0) is 14.2 Å². The maximum Gasteiger partial charge on any atom is 0.0701 e. The molecule has 1 atom stereocenters. The Labute approximate surface area is 99.4 Å². The zero-order chi connectivity index (χ0) is 12.1. The van der Waals surface area contributed by atoms with Crippen LogP contribution in [0.5, 0.6) is 0 Å². The van der Waals surface area contributed by atoms with Crippen molar-refractivity contribution in [3.63, 3.8) is 0 Å². The molecule has 0 fully saturated rings. The molecule has 0 aliphatic heterocycles. The minimum Gasteiger partial charge on any atom is -0.379 e. The Balaban J connectivity index is 2.93. The first-order valence-corrected chi connectivity index (χ1v) is 6.24. The van der Waals surface area contributed by atoms with Gasteiger partial charge in [0.1, 0.15) is 0 Å². The smallest absolute Gasteiger partial charge is 0.0701 e. The monoisotopic (exact) mass is 233 g/mol. The molecular weight excluding hydrogens is 206 g/mol. The van der Waals surface area contributed by atoms with Crippen molar-refractivity contribution in [1.82, 2.24) is 0 Å². The van der Waals surface area contributed by atoms with E-state index in [1.165, 1.54) is 6.42 Å². The summed E-state index contributed by atoms with van der Waals surface area (Å²) in [6.45, 7) is 9.01. The van der Waals surface area contributed by atoms with Gasteiger partial charge < -0.3 is 19.9 Å². The molecule has 98 valence electrons. The maximum atomic E-state index is 5.45. The van der Waals surface area contributed by atoms with Crippen molar-refractivity contribution in [2.24, 2.45) is 11.7 Å². The SMILES string of the molecule is CCC(C)CCOCCOCCOCCN. The van der Waals surface area contributed by atoms with Crippen molar-refractivity contribution < 1.29 is 14.2 Å². The van der Waals surface area contributed by atoms with Gasteiger partial charge in [-0.3, -0.25) is 0 Å². The molecule has 0 amide bonds. The molecule has 0 saturated carbocycles. The van der Waals surface area contributed by atoms with E-state index in [1.54, 1.807) is 0 Å². The number of ether oxygens (including phenoxy) is 3. The van der Waals surface area contributed by atoms with Crippen LogP contribution in [0.4, 0.5) is 0 Å². The summed E-state index contributed by atoms with van der Waals surface area (Å²) in [7, 11) is 0. The normalized spacial score (nSPS) is 12.9. The van der Waals surface area contributed by atoms with Gasteiger partial charge in [-0.05, 0) is 12.3 Å². The van der Waals surface area contributed by atoms with Crippen molar-refractivity contribution in [3.05, 3.63) is 0 Å². The molecule has 2 N–H and O–H groups in total. The first-order chi connectivity index (χ1) is 7.81. The van der Waals surface area contributed by atoms with Crippen LogP contribution in [0.2, 0.25) is 0 Å². The molecule has 4 heteroatoms. The Kier molecular flexibility index (Phi) is 12.8. The zero-order valence-corrected chi connectivity index (χ0v) is 10.7. The van der Waals surface area contributed by atoms with Gasteiger partial charge in [0.05, 0.1) is 33.0 Å². The van der Waals surface area contributed by atoms with Gasteiger partial charge in [0.2, 0.25) is 0 Å². The van der Waals surface area contributed by atoms with Gasteiger partial charge in [-0.2, -0.15) is 0 Å². The summed E-state index contributed by atoms with van der Waals surface area (Å²) in [5.41, 5.74) is 5.27. The molecule has 0 saturated heterocycles. The molecule has 0 bridgehead atoms. The standard InChI is InChI=1S/C12H27NO3/c1-3-12(2)4-6-14-8-10-16-11-9-15-7-5-13/h12H,3-11,13H2,1-2H3. The molecule has 0 rings (SSSR count). The average Bonchev–Trinajstić information content (AvgIpc) is 2.31. The molecule has 1 unspecified atom stereocenters. The van der Waals surface area contributed by atoms with Crippen LogP contribution in [0.1, 0.15) is 26.7 Å². The second-order valence-corrected chi connectivity index (χ2v) is 3.93. The highest BCUT2D eigenvalue weighted by Gasteiger charge is 1.97. The van der Waals surface area contributed by atoms with E-state index < -0.39 is 0 Å². The molecular formula is C12H27NO3. The van der Waals surface area contributed by atoms with E-state index in [9.17, 15) is 0 Å². The van der Waals surface area contributed by atoms with Gasteiger partial charge in [0.15, 0.2) is 0 Å². The van der Waals surface area contributed by atoms with Gasteiger partial charge in [0.25, 0.3) is 0 Å². The summed E-state index contributed by atoms with van der Waals surface area (Å²) in [6, 6.07) is 0. The van der Waals surface area contributed by atoms with Crippen LogP contribution >= 0.6 is 0 Å². The number of rotatable bonds is 12. The van der Waals surface area contributed by atoms with Gasteiger partial charge in [-0.1, -0.05) is 20.3 Å². The fourth-order valence-electron chi connectivity index (χ4n) is 1.11. The summed E-state index contributed by atoms with van der Waals surface area (Å²) in [4.78, 5) is 0. The molecule has 0 aromatic heterocycles. The largest absolute Gasteiger partial charge is 0.379 e. The van der Waals surface area contributed by atoms with E-state index in [4.69, 9.17) is 19.9 Å². The highest BCUT2D eigenvalue weighted by atomic mass is 16.5. The third kappa shape index (κ3) is 11.9. The summed E-state index contributed by atoms with van der Waals surface area (Å²) < 4.78 is 15.9. The molecule has 0 aliphatic carbocycles. The lowest BCUT2D eigenvalue weighted by Gasteiger charge is -2.09. The molecule has 4 nitrogen and oxygen atoms in total. The van der Waals surface area contributed by atoms with Crippen LogP contribution in [0.3, 0.4) is 0 Å². The molecule has 0 spiro atoms. The summed E-state index contributed by atoms with van der Waals surface area (Å²) in [6.07, 6.45) is 2.36. The predicted octanol–water partition coefficient (Wildman–Crippen LogP) is 1.43. The minimum atomic E-state index is 0.568. The Bertz CT molecular complexity index is 133. The molecule has 0 radical (unpaired) electrons. The second-order valence-electron chi connectivity index (χ2n) is 3.93. The summed E-state index contributed by atoms with van der Waals surface area (Å²) in [5.74, 6) is 0.755. The van der Waals surface area contributed by atoms with Crippen molar-refractivity contribution in [2.45, 2.75) is 26.7 Å². The number of hydrogen-bond acceptors (Lipinski definition) is 4. The fourth-order valence-corrected chi connectivity index (χ4v) is 1.11. The van der Waals surface area contributed by atoms with E-state index in [0.717, 1.165) is 18.9 Å². The lowest BCUT2D eigenvalue weighted by molar-refractivity contribution is 0.0138. The van der Waals surface area contributed by atoms with Crippen LogP contribution in [0, 0.1) is 5.92 Å². The van der Waals surface area contributed by atoms with E-state index >= 15 is 0 Å². The number of hydrogen-bond donors (Lipinski definition) is 1. The first-order valence-electron chi connectivity index (χ1n) is 6.24. The Hall–Kier alpha value is -0.160. The molecule has 0 aromatic carbocycles. The highest BCUT2D eigenvalue weighted by Crippen LogP contribution is 2.05. The van der Waals surface area contributed by atoms with Crippen molar-refractivity contribution >= 4 is 0 Å². The zero-order valence-electron chi connectivity index (χ0n) is 10.7. The van der Waals surface area contributed by atoms with E-state index in [0.29, 0.717) is 39.6 Å². The molecule has 0 aliphatic rings. The fraction of sp³-hybridized carbons (Fsp3) is 1.00. The summed E-state index contributed by atoms with van der Waals surface area (Å²) in [5, 5.41) is 0. The second kappa shape index (κ2) is 12.9. The third-order valence-electron chi connectivity index (χ3n) is 2.46. The highest BCUT2D eigenvalue weighted by molar-refractivity contribution is 4.48.